The summed E-state index contributed by atoms with van der Waals surface area (Å²) in [4.78, 5) is 12.7. The van der Waals surface area contributed by atoms with Gasteiger partial charge in [0.15, 0.2) is 0 Å². The monoisotopic (exact) mass is 725 g/mol. The van der Waals surface area contributed by atoms with Crippen LogP contribution in [0.4, 0.5) is 0 Å². The Morgan fingerprint density at radius 3 is 1.23 bits per heavy atom. The van der Waals surface area contributed by atoms with Crippen LogP contribution in [0.2, 0.25) is 0 Å². The van der Waals surface area contributed by atoms with Crippen molar-refractivity contribution in [2.75, 3.05) is 115 Å². The summed E-state index contributed by atoms with van der Waals surface area (Å²) in [5.41, 5.74) is 0. The van der Waals surface area contributed by atoms with Crippen molar-refractivity contribution in [1.82, 2.24) is 37.2 Å². The van der Waals surface area contributed by atoms with Gasteiger partial charge in [-0.2, -0.15) is 0 Å². The summed E-state index contributed by atoms with van der Waals surface area (Å²) in [7, 11) is -8.17. The molecule has 0 bridgehead atoms. The molecule has 4 atom stereocenters. The first-order chi connectivity index (χ1) is 20.6. The summed E-state index contributed by atoms with van der Waals surface area (Å²) in [5, 5.41) is 21.1. The Hall–Kier alpha value is 0.380. The fourth-order valence-electron chi connectivity index (χ4n) is 4.90. The van der Waals surface area contributed by atoms with Crippen molar-refractivity contribution in [2.24, 2.45) is 0 Å². The van der Waals surface area contributed by atoms with Crippen LogP contribution in [-0.2, 0) is 27.6 Å². The molecule has 7 N–H and O–H groups in total. The van der Waals surface area contributed by atoms with E-state index in [4.69, 9.17) is 0 Å². The van der Waals surface area contributed by atoms with Crippen molar-refractivity contribution in [3.63, 3.8) is 0 Å². The molecule has 0 spiro atoms. The van der Waals surface area contributed by atoms with Crippen LogP contribution in [0.3, 0.4) is 0 Å². The fourth-order valence-corrected chi connectivity index (χ4v) is 15.4. The number of carbonyl (C=O) groups excluding carboxylic acids is 1. The van der Waals surface area contributed by atoms with E-state index < -0.39 is 35.7 Å². The van der Waals surface area contributed by atoms with Gasteiger partial charge in [0.1, 0.15) is 35.7 Å². The van der Waals surface area contributed by atoms with Crippen LogP contribution in [0.15, 0.2) is 0 Å². The predicted molar refractivity (Wildman–Crippen MR) is 192 cm³/mol. The summed E-state index contributed by atoms with van der Waals surface area (Å²) in [6.45, 7) is 7.78. The number of rotatable bonds is 29. The zero-order chi connectivity index (χ0) is 33.8. The maximum absolute atomic E-state index is 14.1. The summed E-state index contributed by atoms with van der Waals surface area (Å²) in [6.07, 6.45) is 6.10. The van der Waals surface area contributed by atoms with Crippen molar-refractivity contribution >= 4 is 41.6 Å². The Bertz CT molecular complexity index is 1050. The molecule has 0 aliphatic rings. The minimum atomic E-state index is -3.05. The molecule has 18 heteroatoms. The standard InChI is InChI=1S/C26H64N7O6P5/c1-8-13-40(35,10-3)19-30-21-42(37,14-9-2)22-32-24-43(38,23-31-20-41(36,11-4)16-27-5)15-12-26(34)33-25-44(39,17-28-6)18-29-7/h27-32H,8-25H2,1-7H3,(H,33,34). The first-order valence-corrected chi connectivity index (χ1v) is 27.1. The van der Waals surface area contributed by atoms with E-state index in [1.54, 1.807) is 21.1 Å². The molecule has 0 aliphatic carbocycles. The topological polar surface area (TPSA) is 187 Å². The zero-order valence-corrected chi connectivity index (χ0v) is 32.9. The fraction of sp³-hybridized carbons (Fsp3) is 0.962. The van der Waals surface area contributed by atoms with E-state index in [0.717, 1.165) is 12.8 Å². The molecule has 0 rings (SSSR count). The van der Waals surface area contributed by atoms with E-state index in [2.05, 4.69) is 37.2 Å². The highest BCUT2D eigenvalue weighted by Gasteiger charge is 2.29. The van der Waals surface area contributed by atoms with E-state index in [1.807, 2.05) is 27.7 Å². The molecule has 264 valence electrons. The second-order valence-corrected chi connectivity index (χ2v) is 28.2. The van der Waals surface area contributed by atoms with Gasteiger partial charge in [-0.25, -0.2) is 0 Å². The van der Waals surface area contributed by atoms with Crippen LogP contribution in [0.25, 0.3) is 0 Å². The number of hydrogen-bond acceptors (Lipinski definition) is 12. The van der Waals surface area contributed by atoms with Gasteiger partial charge in [-0.15, -0.1) is 0 Å². The minimum Gasteiger partial charge on any atom is -0.349 e. The van der Waals surface area contributed by atoms with Crippen LogP contribution in [-0.4, -0.2) is 121 Å². The summed E-state index contributed by atoms with van der Waals surface area (Å²) >= 11 is 0. The van der Waals surface area contributed by atoms with Crippen LogP contribution >= 0.6 is 35.7 Å². The number of amides is 1. The first kappa shape index (κ1) is 44.4. The molecule has 13 nitrogen and oxygen atoms in total. The van der Waals surface area contributed by atoms with Crippen LogP contribution in [0.5, 0.6) is 0 Å². The van der Waals surface area contributed by atoms with E-state index in [9.17, 15) is 27.6 Å². The average Bonchev–Trinajstić information content (AvgIpc) is 2.96. The smallest absolute Gasteiger partial charge is 0.220 e. The maximum Gasteiger partial charge on any atom is 0.220 e. The van der Waals surface area contributed by atoms with Crippen molar-refractivity contribution < 1.29 is 27.6 Å². The van der Waals surface area contributed by atoms with Gasteiger partial charge < -0.3 is 60.0 Å². The molecule has 0 aliphatic heterocycles. The molecule has 0 heterocycles. The molecule has 0 saturated heterocycles. The molecule has 0 aromatic carbocycles. The molecule has 0 saturated carbocycles. The SMILES string of the molecule is CCCP(=O)(CC)CNCP(=O)(CCC)CNCP(=O)(CCC(=O)NCP(=O)(CNC)CNC)CNCP(=O)(CC)CNC. The second kappa shape index (κ2) is 22.9. The summed E-state index contributed by atoms with van der Waals surface area (Å²) < 4.78 is 67.0. The lowest BCUT2D eigenvalue weighted by Gasteiger charge is -2.25. The van der Waals surface area contributed by atoms with Crippen molar-refractivity contribution in [3.05, 3.63) is 0 Å². The Morgan fingerprint density at radius 1 is 0.455 bits per heavy atom. The van der Waals surface area contributed by atoms with Crippen LogP contribution in [0.1, 0.15) is 47.0 Å². The van der Waals surface area contributed by atoms with Gasteiger partial charge in [-0.3, -0.25) is 4.79 Å². The normalized spacial score (nSPS) is 17.7. The molecular weight excluding hydrogens is 661 g/mol. The lowest BCUT2D eigenvalue weighted by molar-refractivity contribution is -0.120. The Kier molecular flexibility index (Phi) is 23.1. The van der Waals surface area contributed by atoms with Crippen molar-refractivity contribution in [3.8, 4) is 0 Å². The molecule has 0 aromatic rings. The van der Waals surface area contributed by atoms with Crippen molar-refractivity contribution in [1.29, 1.82) is 0 Å². The van der Waals surface area contributed by atoms with E-state index >= 15 is 0 Å². The number of hydrogen-bond donors (Lipinski definition) is 7. The summed E-state index contributed by atoms with van der Waals surface area (Å²) in [5.74, 6) is -0.333. The number of nitrogens with one attached hydrogen (secondary N) is 7. The van der Waals surface area contributed by atoms with Crippen LogP contribution < -0.4 is 37.2 Å². The van der Waals surface area contributed by atoms with Gasteiger partial charge in [-0.05, 0) is 40.1 Å². The highest BCUT2D eigenvalue weighted by molar-refractivity contribution is 7.66. The third-order valence-electron chi connectivity index (χ3n) is 7.46. The molecule has 44 heavy (non-hydrogen) atoms. The molecule has 0 fully saturated rings. The lowest BCUT2D eigenvalue weighted by Crippen LogP contribution is -2.31. The van der Waals surface area contributed by atoms with Crippen LogP contribution in [0, 0.1) is 0 Å². The quantitative estimate of drug-likeness (QED) is 0.0547. The van der Waals surface area contributed by atoms with Crippen molar-refractivity contribution in [2.45, 2.75) is 47.0 Å². The van der Waals surface area contributed by atoms with Gasteiger partial charge >= 0.3 is 0 Å². The largest absolute Gasteiger partial charge is 0.349 e. The van der Waals surface area contributed by atoms with Gasteiger partial charge in [0.05, 0.1) is 56.6 Å². The minimum absolute atomic E-state index is 0.0143. The first-order valence-electron chi connectivity index (χ1n) is 15.8. The predicted octanol–water partition coefficient (Wildman–Crippen LogP) is 4.17. The third kappa shape index (κ3) is 18.6. The molecule has 0 aromatic heterocycles. The molecule has 4 unspecified atom stereocenters. The molecular formula is C26H64N7O6P5. The van der Waals surface area contributed by atoms with Gasteiger partial charge in [-0.1, -0.05) is 27.7 Å². The Labute approximate surface area is 267 Å². The lowest BCUT2D eigenvalue weighted by atomic mass is 10.5. The highest BCUT2D eigenvalue weighted by atomic mass is 31.2. The Balaban J connectivity index is 5.49. The third-order valence-corrected chi connectivity index (χ3v) is 21.5. The summed E-state index contributed by atoms with van der Waals surface area (Å²) in [6, 6.07) is 0. The maximum atomic E-state index is 14.1. The van der Waals surface area contributed by atoms with Gasteiger partial charge in [0, 0.05) is 37.4 Å². The van der Waals surface area contributed by atoms with E-state index in [1.165, 1.54) is 0 Å². The highest BCUT2D eigenvalue weighted by Crippen LogP contribution is 2.50. The van der Waals surface area contributed by atoms with Gasteiger partial charge in [0.2, 0.25) is 5.91 Å². The average molecular weight is 726 g/mol. The second-order valence-electron chi connectivity index (χ2n) is 11.8. The molecule has 1 amide bonds. The Morgan fingerprint density at radius 2 is 0.818 bits per heavy atom. The van der Waals surface area contributed by atoms with E-state index in [-0.39, 0.29) is 68.8 Å². The van der Waals surface area contributed by atoms with Gasteiger partial charge in [0.25, 0.3) is 0 Å². The molecule has 0 radical (unpaired) electrons. The zero-order valence-electron chi connectivity index (χ0n) is 28.4. The van der Waals surface area contributed by atoms with E-state index in [0.29, 0.717) is 37.2 Å². The number of carbonyl (C=O) groups is 1.